The Balaban J connectivity index is 2.11. The summed E-state index contributed by atoms with van der Waals surface area (Å²) in [7, 11) is 1.52. The van der Waals surface area contributed by atoms with Gasteiger partial charge >= 0.3 is 0 Å². The van der Waals surface area contributed by atoms with Crippen LogP contribution in [0.5, 0.6) is 0 Å². The van der Waals surface area contributed by atoms with Crippen molar-refractivity contribution in [1.82, 2.24) is 4.98 Å². The van der Waals surface area contributed by atoms with Crippen LogP contribution in [0.15, 0.2) is 35.7 Å². The minimum atomic E-state index is -0.615. The molecule has 4 nitrogen and oxygen atoms in total. The molecule has 1 atom stereocenters. The molecule has 0 fully saturated rings. The van der Waals surface area contributed by atoms with Crippen molar-refractivity contribution in [2.75, 3.05) is 12.4 Å². The van der Waals surface area contributed by atoms with Crippen LogP contribution in [-0.4, -0.2) is 18.0 Å². The molecule has 0 saturated heterocycles. The summed E-state index contributed by atoms with van der Waals surface area (Å²) < 4.78 is 5.24. The zero-order valence-corrected chi connectivity index (χ0v) is 11.0. The van der Waals surface area contributed by atoms with Crippen LogP contribution >= 0.6 is 11.3 Å². The number of aryl methyl sites for hydroxylation is 1. The summed E-state index contributed by atoms with van der Waals surface area (Å²) in [5.41, 5.74) is 1.72. The number of anilines is 1. The van der Waals surface area contributed by atoms with Crippen molar-refractivity contribution in [1.29, 1.82) is 0 Å². The first-order chi connectivity index (χ1) is 8.70. The van der Waals surface area contributed by atoms with Gasteiger partial charge in [0, 0.05) is 12.5 Å². The molecular weight excluding hydrogens is 248 g/mol. The molecule has 2 aromatic rings. The van der Waals surface area contributed by atoms with E-state index in [4.69, 9.17) is 4.74 Å². The number of rotatable bonds is 4. The van der Waals surface area contributed by atoms with Gasteiger partial charge in [-0.15, -0.1) is 11.3 Å². The summed E-state index contributed by atoms with van der Waals surface area (Å²) in [6.45, 7) is 1.89. The van der Waals surface area contributed by atoms with E-state index < -0.39 is 6.10 Å². The Hall–Kier alpha value is -1.72. The summed E-state index contributed by atoms with van der Waals surface area (Å²) in [5.74, 6) is -0.210. The van der Waals surface area contributed by atoms with Gasteiger partial charge in [0.1, 0.15) is 0 Å². The minimum absolute atomic E-state index is 0.210. The lowest BCUT2D eigenvalue weighted by Gasteiger charge is -2.14. The van der Waals surface area contributed by atoms with Gasteiger partial charge in [-0.2, -0.15) is 0 Å². The first-order valence-electron chi connectivity index (χ1n) is 5.51. The molecule has 2 rings (SSSR count). The van der Waals surface area contributed by atoms with Crippen LogP contribution in [0, 0.1) is 6.92 Å². The van der Waals surface area contributed by atoms with E-state index in [0.717, 1.165) is 11.3 Å². The number of benzene rings is 1. The molecular formula is C13H14N2O2S. The molecule has 0 radical (unpaired) electrons. The highest BCUT2D eigenvalue weighted by molar-refractivity contribution is 7.13. The molecule has 0 aliphatic heterocycles. The van der Waals surface area contributed by atoms with Gasteiger partial charge in [0.25, 0.3) is 5.91 Å². The van der Waals surface area contributed by atoms with Crippen LogP contribution in [0.3, 0.4) is 0 Å². The average Bonchev–Trinajstić information content (AvgIpc) is 2.77. The lowest BCUT2D eigenvalue weighted by atomic mass is 10.1. The molecule has 0 aliphatic rings. The van der Waals surface area contributed by atoms with Gasteiger partial charge < -0.3 is 4.74 Å². The fourth-order valence-electron chi connectivity index (χ4n) is 1.60. The highest BCUT2D eigenvalue weighted by atomic mass is 32.1. The third kappa shape index (κ3) is 2.94. The Labute approximate surface area is 110 Å². The zero-order valence-electron chi connectivity index (χ0n) is 10.2. The number of aromatic nitrogens is 1. The second kappa shape index (κ2) is 5.75. The third-order valence-electron chi connectivity index (χ3n) is 2.43. The summed E-state index contributed by atoms with van der Waals surface area (Å²) in [6, 6.07) is 9.38. The molecule has 1 amide bonds. The molecule has 1 aromatic carbocycles. The van der Waals surface area contributed by atoms with E-state index in [0.29, 0.717) is 5.13 Å². The predicted molar refractivity (Wildman–Crippen MR) is 71.7 cm³/mol. The molecule has 18 heavy (non-hydrogen) atoms. The van der Waals surface area contributed by atoms with E-state index in [-0.39, 0.29) is 5.91 Å². The molecule has 1 heterocycles. The Bertz CT molecular complexity index is 525. The number of nitrogens with one attached hydrogen (secondary N) is 1. The Morgan fingerprint density at radius 3 is 2.67 bits per heavy atom. The maximum atomic E-state index is 12.1. The number of amides is 1. The van der Waals surface area contributed by atoms with Crippen LogP contribution in [0.1, 0.15) is 17.4 Å². The van der Waals surface area contributed by atoms with E-state index in [2.05, 4.69) is 10.3 Å². The summed E-state index contributed by atoms with van der Waals surface area (Å²) in [6.07, 6.45) is -0.615. The van der Waals surface area contributed by atoms with Crippen molar-refractivity contribution >= 4 is 22.4 Å². The number of hydrogen-bond donors (Lipinski definition) is 1. The normalized spacial score (nSPS) is 12.1. The number of carbonyl (C=O) groups is 1. The van der Waals surface area contributed by atoms with E-state index in [1.807, 2.05) is 42.6 Å². The van der Waals surface area contributed by atoms with Gasteiger partial charge in [0.15, 0.2) is 11.2 Å². The molecule has 94 valence electrons. The maximum absolute atomic E-state index is 12.1. The van der Waals surface area contributed by atoms with E-state index in [1.54, 1.807) is 0 Å². The first kappa shape index (κ1) is 12.7. The van der Waals surface area contributed by atoms with Crippen LogP contribution in [-0.2, 0) is 9.53 Å². The van der Waals surface area contributed by atoms with E-state index in [9.17, 15) is 4.79 Å². The number of methoxy groups -OCH3 is 1. The molecule has 1 aromatic heterocycles. The number of nitrogens with zero attached hydrogens (tertiary/aromatic N) is 1. The fourth-order valence-corrected chi connectivity index (χ4v) is 2.30. The fraction of sp³-hybridized carbons (Fsp3) is 0.231. The quantitative estimate of drug-likeness (QED) is 0.921. The second-order valence-electron chi connectivity index (χ2n) is 3.81. The van der Waals surface area contributed by atoms with Crippen LogP contribution in [0.4, 0.5) is 5.13 Å². The third-order valence-corrected chi connectivity index (χ3v) is 3.30. The molecule has 0 saturated carbocycles. The first-order valence-corrected chi connectivity index (χ1v) is 6.39. The summed E-state index contributed by atoms with van der Waals surface area (Å²) in [4.78, 5) is 16.3. The molecule has 0 unspecified atom stereocenters. The average molecular weight is 262 g/mol. The molecule has 1 N–H and O–H groups in total. The number of ether oxygens (including phenoxy) is 1. The highest BCUT2D eigenvalue weighted by Crippen LogP contribution is 2.20. The van der Waals surface area contributed by atoms with Gasteiger partial charge in [0.05, 0.1) is 5.69 Å². The number of carbonyl (C=O) groups excluding carboxylic acids is 1. The SMILES string of the molecule is CO[C@H](C(=O)Nc1nc(C)cs1)c1ccccc1. The van der Waals surface area contributed by atoms with Crippen molar-refractivity contribution in [3.8, 4) is 0 Å². The van der Waals surface area contributed by atoms with E-state index in [1.165, 1.54) is 18.4 Å². The maximum Gasteiger partial charge on any atom is 0.259 e. The van der Waals surface area contributed by atoms with Crippen molar-refractivity contribution in [3.63, 3.8) is 0 Å². The van der Waals surface area contributed by atoms with Crippen molar-refractivity contribution in [2.45, 2.75) is 13.0 Å². The van der Waals surface area contributed by atoms with Crippen molar-refractivity contribution in [2.24, 2.45) is 0 Å². The molecule has 0 aliphatic carbocycles. The summed E-state index contributed by atoms with van der Waals surface area (Å²) in [5, 5.41) is 5.24. The molecule has 0 bridgehead atoms. The smallest absolute Gasteiger partial charge is 0.259 e. The lowest BCUT2D eigenvalue weighted by Crippen LogP contribution is -2.22. The second-order valence-corrected chi connectivity index (χ2v) is 4.67. The van der Waals surface area contributed by atoms with Gasteiger partial charge in [0.2, 0.25) is 0 Å². The minimum Gasteiger partial charge on any atom is -0.367 e. The van der Waals surface area contributed by atoms with Gasteiger partial charge in [-0.3, -0.25) is 10.1 Å². The predicted octanol–water partition coefficient (Wildman–Crippen LogP) is 2.78. The standard InChI is InChI=1S/C13H14N2O2S/c1-9-8-18-13(14-9)15-12(16)11(17-2)10-6-4-3-5-7-10/h3-8,11H,1-2H3,(H,14,15,16)/t11-/m0/s1. The van der Waals surface area contributed by atoms with Gasteiger partial charge in [-0.1, -0.05) is 30.3 Å². The lowest BCUT2D eigenvalue weighted by molar-refractivity contribution is -0.126. The number of thiazole rings is 1. The van der Waals surface area contributed by atoms with Crippen LogP contribution in [0.25, 0.3) is 0 Å². The van der Waals surface area contributed by atoms with Crippen LogP contribution < -0.4 is 5.32 Å². The van der Waals surface area contributed by atoms with Crippen molar-refractivity contribution < 1.29 is 9.53 Å². The van der Waals surface area contributed by atoms with Crippen LogP contribution in [0.2, 0.25) is 0 Å². The van der Waals surface area contributed by atoms with Gasteiger partial charge in [-0.05, 0) is 12.5 Å². The molecule has 0 spiro atoms. The number of hydrogen-bond acceptors (Lipinski definition) is 4. The summed E-state index contributed by atoms with van der Waals surface area (Å²) >= 11 is 1.40. The van der Waals surface area contributed by atoms with Crippen molar-refractivity contribution in [3.05, 3.63) is 47.0 Å². The van der Waals surface area contributed by atoms with Gasteiger partial charge in [-0.25, -0.2) is 4.98 Å². The largest absolute Gasteiger partial charge is 0.367 e. The van der Waals surface area contributed by atoms with E-state index >= 15 is 0 Å². The zero-order chi connectivity index (χ0) is 13.0. The monoisotopic (exact) mass is 262 g/mol. The Morgan fingerprint density at radius 2 is 2.11 bits per heavy atom. The Morgan fingerprint density at radius 1 is 1.39 bits per heavy atom. The Kier molecular flexibility index (Phi) is 4.07. The highest BCUT2D eigenvalue weighted by Gasteiger charge is 2.20. The molecule has 5 heteroatoms. The topological polar surface area (TPSA) is 51.2 Å².